The van der Waals surface area contributed by atoms with Gasteiger partial charge in [-0.3, -0.25) is 4.79 Å². The highest BCUT2D eigenvalue weighted by Crippen LogP contribution is 2.23. The van der Waals surface area contributed by atoms with Crippen LogP contribution in [0.15, 0.2) is 24.0 Å². The molecule has 1 unspecified atom stereocenters. The van der Waals surface area contributed by atoms with Crippen molar-refractivity contribution in [1.29, 1.82) is 0 Å². The summed E-state index contributed by atoms with van der Waals surface area (Å²) in [6, 6.07) is -0.273. The average Bonchev–Trinajstić information content (AvgIpc) is 2.18. The molecule has 0 heterocycles. The van der Waals surface area contributed by atoms with E-state index in [4.69, 9.17) is 0 Å². The normalized spacial score (nSPS) is 20.1. The van der Waals surface area contributed by atoms with Crippen molar-refractivity contribution in [2.24, 2.45) is 5.92 Å². The Balaban J connectivity index is 2.46. The van der Waals surface area contributed by atoms with E-state index in [1.807, 2.05) is 0 Å². The first-order valence-electron chi connectivity index (χ1n) is 5.22. The summed E-state index contributed by atoms with van der Waals surface area (Å²) in [5, 5.41) is 2.69. The molecule has 0 aromatic rings. The Morgan fingerprint density at radius 1 is 1.53 bits per heavy atom. The van der Waals surface area contributed by atoms with Gasteiger partial charge in [0.1, 0.15) is 5.76 Å². The molecule has 17 heavy (non-hydrogen) atoms. The first-order chi connectivity index (χ1) is 7.78. The third kappa shape index (κ3) is 4.93. The minimum absolute atomic E-state index is 0.131. The minimum Gasteiger partial charge on any atom is -0.406 e. The zero-order chi connectivity index (χ0) is 13.1. The third-order valence-corrected chi connectivity index (χ3v) is 2.15. The van der Waals surface area contributed by atoms with E-state index in [0.717, 1.165) is 0 Å². The van der Waals surface area contributed by atoms with Gasteiger partial charge < -0.3 is 10.1 Å². The topological polar surface area (TPSA) is 38.3 Å². The van der Waals surface area contributed by atoms with E-state index < -0.39 is 6.36 Å². The van der Waals surface area contributed by atoms with Gasteiger partial charge in [0.25, 0.3) is 0 Å². The molecule has 0 aliphatic heterocycles. The molecular weight excluding hydrogens is 235 g/mol. The predicted molar refractivity (Wildman–Crippen MR) is 55.7 cm³/mol. The van der Waals surface area contributed by atoms with Crippen LogP contribution in [-0.2, 0) is 9.53 Å². The van der Waals surface area contributed by atoms with Crippen LogP contribution in [0.2, 0.25) is 0 Å². The number of rotatable bonds is 3. The first kappa shape index (κ1) is 13.6. The van der Waals surface area contributed by atoms with Gasteiger partial charge in [-0.15, -0.1) is 13.2 Å². The summed E-state index contributed by atoms with van der Waals surface area (Å²) >= 11 is 0. The lowest BCUT2D eigenvalue weighted by Crippen LogP contribution is -2.36. The molecule has 0 bridgehead atoms. The molecule has 0 saturated carbocycles. The van der Waals surface area contributed by atoms with Crippen molar-refractivity contribution < 1.29 is 22.7 Å². The Morgan fingerprint density at radius 2 is 2.18 bits per heavy atom. The number of ether oxygens (including phenoxy) is 1. The molecule has 1 rings (SSSR count). The standard InChI is InChI=1S/C11H14F3NO2/c1-7(2)10(16)15-8-3-5-9(6-4-8)17-11(12,13)14/h3,5-8H,4H2,1-2H3,(H,15,16). The van der Waals surface area contributed by atoms with Gasteiger partial charge in [0, 0.05) is 5.92 Å². The van der Waals surface area contributed by atoms with Crippen LogP contribution in [0, 0.1) is 5.92 Å². The van der Waals surface area contributed by atoms with E-state index >= 15 is 0 Å². The highest BCUT2D eigenvalue weighted by atomic mass is 19.4. The van der Waals surface area contributed by atoms with Crippen LogP contribution >= 0.6 is 0 Å². The second-order valence-electron chi connectivity index (χ2n) is 4.02. The fourth-order valence-electron chi connectivity index (χ4n) is 1.27. The molecule has 0 aromatic heterocycles. The zero-order valence-electron chi connectivity index (χ0n) is 9.54. The van der Waals surface area contributed by atoms with Crippen LogP contribution in [-0.4, -0.2) is 18.3 Å². The maximum atomic E-state index is 11.9. The van der Waals surface area contributed by atoms with E-state index in [2.05, 4.69) is 10.1 Å². The molecule has 0 radical (unpaired) electrons. The van der Waals surface area contributed by atoms with Gasteiger partial charge in [-0.1, -0.05) is 19.9 Å². The van der Waals surface area contributed by atoms with Crippen LogP contribution in [0.4, 0.5) is 13.2 Å². The highest BCUT2D eigenvalue weighted by Gasteiger charge is 2.32. The molecule has 1 amide bonds. The molecule has 0 saturated heterocycles. The molecule has 1 N–H and O–H groups in total. The number of carbonyl (C=O) groups excluding carboxylic acids is 1. The Hall–Kier alpha value is -1.46. The largest absolute Gasteiger partial charge is 0.573 e. The lowest BCUT2D eigenvalue weighted by Gasteiger charge is -2.19. The van der Waals surface area contributed by atoms with Crippen molar-refractivity contribution in [3.05, 3.63) is 24.0 Å². The fourth-order valence-corrected chi connectivity index (χ4v) is 1.27. The lowest BCUT2D eigenvalue weighted by atomic mass is 10.1. The molecule has 0 spiro atoms. The van der Waals surface area contributed by atoms with Crippen molar-refractivity contribution in [2.75, 3.05) is 0 Å². The number of amides is 1. The molecule has 6 heteroatoms. The minimum atomic E-state index is -4.68. The molecule has 1 aliphatic rings. The summed E-state index contributed by atoms with van der Waals surface area (Å²) in [5.74, 6) is -0.527. The first-order valence-corrected chi connectivity index (χ1v) is 5.22. The monoisotopic (exact) mass is 249 g/mol. The Kier molecular flexibility index (Phi) is 4.20. The number of nitrogens with one attached hydrogen (secondary N) is 1. The van der Waals surface area contributed by atoms with Crippen molar-refractivity contribution in [1.82, 2.24) is 5.32 Å². The SMILES string of the molecule is CC(C)C(=O)NC1C=CC(OC(F)(F)F)=CC1. The summed E-state index contributed by atoms with van der Waals surface area (Å²) in [4.78, 5) is 11.3. The lowest BCUT2D eigenvalue weighted by molar-refractivity contribution is -0.303. The van der Waals surface area contributed by atoms with E-state index in [1.54, 1.807) is 13.8 Å². The van der Waals surface area contributed by atoms with Gasteiger partial charge in [0.05, 0.1) is 6.04 Å². The second kappa shape index (κ2) is 5.25. The smallest absolute Gasteiger partial charge is 0.406 e. The molecule has 1 aliphatic carbocycles. The van der Waals surface area contributed by atoms with Crippen LogP contribution in [0.1, 0.15) is 20.3 Å². The predicted octanol–water partition coefficient (Wildman–Crippen LogP) is 2.51. The van der Waals surface area contributed by atoms with Crippen molar-refractivity contribution in [3.63, 3.8) is 0 Å². The molecule has 3 nitrogen and oxygen atoms in total. The van der Waals surface area contributed by atoms with Crippen LogP contribution in [0.3, 0.4) is 0 Å². The van der Waals surface area contributed by atoms with Crippen molar-refractivity contribution in [3.8, 4) is 0 Å². The van der Waals surface area contributed by atoms with E-state index in [-0.39, 0.29) is 23.6 Å². The number of hydrogen-bond donors (Lipinski definition) is 1. The van der Waals surface area contributed by atoms with Crippen molar-refractivity contribution >= 4 is 5.91 Å². The molecule has 96 valence electrons. The van der Waals surface area contributed by atoms with Gasteiger partial charge in [-0.05, 0) is 18.6 Å². The molecule has 0 fully saturated rings. The number of halogens is 3. The Labute approximate surface area is 97.3 Å². The summed E-state index contributed by atoms with van der Waals surface area (Å²) in [6.45, 7) is 3.49. The molecular formula is C11H14F3NO2. The number of hydrogen-bond acceptors (Lipinski definition) is 2. The highest BCUT2D eigenvalue weighted by molar-refractivity contribution is 5.78. The third-order valence-electron chi connectivity index (χ3n) is 2.15. The fraction of sp³-hybridized carbons (Fsp3) is 0.545. The van der Waals surface area contributed by atoms with E-state index in [9.17, 15) is 18.0 Å². The summed E-state index contributed by atoms with van der Waals surface area (Å²) in [5.41, 5.74) is 0. The van der Waals surface area contributed by atoms with E-state index in [1.165, 1.54) is 18.2 Å². The number of alkyl halides is 3. The van der Waals surface area contributed by atoms with Crippen molar-refractivity contribution in [2.45, 2.75) is 32.7 Å². The van der Waals surface area contributed by atoms with Crippen LogP contribution < -0.4 is 5.32 Å². The van der Waals surface area contributed by atoms with Gasteiger partial charge in [-0.2, -0.15) is 0 Å². The summed E-state index contributed by atoms with van der Waals surface area (Å²) in [6.07, 6.45) is -0.382. The molecule has 0 aromatic carbocycles. The summed E-state index contributed by atoms with van der Waals surface area (Å²) < 4.78 is 39.4. The van der Waals surface area contributed by atoms with Gasteiger partial charge in [0.15, 0.2) is 0 Å². The zero-order valence-corrected chi connectivity index (χ0v) is 9.54. The number of carbonyl (C=O) groups is 1. The Morgan fingerprint density at radius 3 is 2.59 bits per heavy atom. The number of allylic oxidation sites excluding steroid dienone is 1. The maximum Gasteiger partial charge on any atom is 0.573 e. The van der Waals surface area contributed by atoms with E-state index in [0.29, 0.717) is 6.42 Å². The average molecular weight is 249 g/mol. The van der Waals surface area contributed by atoms with Gasteiger partial charge in [-0.25, -0.2) is 0 Å². The van der Waals surface area contributed by atoms with Crippen LogP contribution in [0.25, 0.3) is 0 Å². The maximum absolute atomic E-state index is 11.9. The summed E-state index contributed by atoms with van der Waals surface area (Å²) in [7, 11) is 0. The quantitative estimate of drug-likeness (QED) is 0.834. The van der Waals surface area contributed by atoms with Gasteiger partial charge >= 0.3 is 6.36 Å². The van der Waals surface area contributed by atoms with Gasteiger partial charge in [0.2, 0.25) is 5.91 Å². The molecule has 1 atom stereocenters. The Bertz CT molecular complexity index is 345. The van der Waals surface area contributed by atoms with Crippen LogP contribution in [0.5, 0.6) is 0 Å². The second-order valence-corrected chi connectivity index (χ2v) is 4.02.